The van der Waals surface area contributed by atoms with Crippen LogP contribution in [0.4, 0.5) is 0 Å². The van der Waals surface area contributed by atoms with Crippen molar-refractivity contribution in [3.05, 3.63) is 29.8 Å². The summed E-state index contributed by atoms with van der Waals surface area (Å²) in [6.07, 6.45) is 1.93. The number of aryl methyl sites for hydroxylation is 1. The molecule has 1 fully saturated rings. The Bertz CT molecular complexity index is 563. The quantitative estimate of drug-likeness (QED) is 0.796. The standard InChI is InChI=1S/C13H16O4S2/c1-9-3-5-11(6-4-9)19(15,16)13(18-2)10-7-12(14)17-8-10/h3-6,10,13H,7-8H2,1-2H3. The molecule has 0 N–H and O–H groups in total. The Labute approximate surface area is 117 Å². The van der Waals surface area contributed by atoms with E-state index in [9.17, 15) is 13.2 Å². The molecule has 2 atom stereocenters. The highest BCUT2D eigenvalue weighted by Crippen LogP contribution is 2.33. The van der Waals surface area contributed by atoms with E-state index in [0.29, 0.717) is 4.90 Å². The molecular formula is C13H16O4S2. The second-order valence-corrected chi connectivity index (χ2v) is 7.96. The van der Waals surface area contributed by atoms with Crippen LogP contribution in [-0.2, 0) is 19.4 Å². The molecule has 1 aliphatic rings. The first kappa shape index (κ1) is 14.4. The average Bonchev–Trinajstić information content (AvgIpc) is 2.77. The van der Waals surface area contributed by atoms with Crippen molar-refractivity contribution in [1.82, 2.24) is 0 Å². The van der Waals surface area contributed by atoms with Crippen LogP contribution in [0.1, 0.15) is 12.0 Å². The van der Waals surface area contributed by atoms with Crippen LogP contribution >= 0.6 is 11.8 Å². The predicted octanol–water partition coefficient (Wildman–Crippen LogP) is 2.02. The highest BCUT2D eigenvalue weighted by Gasteiger charge is 2.39. The number of sulfone groups is 1. The van der Waals surface area contributed by atoms with Crippen LogP contribution in [0.25, 0.3) is 0 Å². The van der Waals surface area contributed by atoms with Gasteiger partial charge in [0.1, 0.15) is 4.58 Å². The van der Waals surface area contributed by atoms with E-state index in [1.165, 1.54) is 11.8 Å². The summed E-state index contributed by atoms with van der Waals surface area (Å²) in [5.74, 6) is -0.586. The number of ether oxygens (including phenoxy) is 1. The fraction of sp³-hybridized carbons (Fsp3) is 0.462. The van der Waals surface area contributed by atoms with Crippen molar-refractivity contribution in [3.8, 4) is 0 Å². The maximum atomic E-state index is 12.6. The molecule has 1 heterocycles. The van der Waals surface area contributed by atoms with Crippen LogP contribution in [0, 0.1) is 12.8 Å². The van der Waals surface area contributed by atoms with Crippen molar-refractivity contribution in [3.63, 3.8) is 0 Å². The summed E-state index contributed by atoms with van der Waals surface area (Å²) >= 11 is 1.26. The number of benzene rings is 1. The van der Waals surface area contributed by atoms with Crippen molar-refractivity contribution in [2.75, 3.05) is 12.9 Å². The monoisotopic (exact) mass is 300 g/mol. The van der Waals surface area contributed by atoms with E-state index < -0.39 is 14.4 Å². The Morgan fingerprint density at radius 1 is 1.32 bits per heavy atom. The van der Waals surface area contributed by atoms with Gasteiger partial charge >= 0.3 is 5.97 Å². The number of carbonyl (C=O) groups excluding carboxylic acids is 1. The van der Waals surface area contributed by atoms with Gasteiger partial charge in [-0.25, -0.2) is 8.42 Å². The van der Waals surface area contributed by atoms with Gasteiger partial charge in [-0.2, -0.15) is 0 Å². The number of hydrogen-bond acceptors (Lipinski definition) is 5. The zero-order valence-electron chi connectivity index (χ0n) is 10.8. The van der Waals surface area contributed by atoms with Crippen LogP contribution in [0.2, 0.25) is 0 Å². The zero-order valence-corrected chi connectivity index (χ0v) is 12.5. The number of esters is 1. The van der Waals surface area contributed by atoms with Gasteiger partial charge in [0, 0.05) is 5.92 Å². The summed E-state index contributed by atoms with van der Waals surface area (Å²) in [6.45, 7) is 2.10. The molecule has 0 bridgehead atoms. The molecule has 0 saturated carbocycles. The summed E-state index contributed by atoms with van der Waals surface area (Å²) in [5.41, 5.74) is 1.01. The third-order valence-electron chi connectivity index (χ3n) is 3.16. The van der Waals surface area contributed by atoms with E-state index in [-0.39, 0.29) is 24.9 Å². The number of hydrogen-bond donors (Lipinski definition) is 0. The normalized spacial score (nSPS) is 21.2. The molecule has 1 saturated heterocycles. The molecule has 1 aliphatic heterocycles. The minimum atomic E-state index is -3.44. The van der Waals surface area contributed by atoms with Gasteiger partial charge in [0.05, 0.1) is 17.9 Å². The minimum Gasteiger partial charge on any atom is -0.465 e. The maximum Gasteiger partial charge on any atom is 0.306 e. The molecule has 1 aromatic carbocycles. The van der Waals surface area contributed by atoms with E-state index in [0.717, 1.165) is 5.56 Å². The Morgan fingerprint density at radius 3 is 2.42 bits per heavy atom. The van der Waals surface area contributed by atoms with Gasteiger partial charge in [0.2, 0.25) is 0 Å². The molecule has 0 amide bonds. The largest absolute Gasteiger partial charge is 0.465 e. The number of carbonyl (C=O) groups is 1. The van der Waals surface area contributed by atoms with Crippen LogP contribution in [0.3, 0.4) is 0 Å². The van der Waals surface area contributed by atoms with E-state index in [2.05, 4.69) is 0 Å². The molecule has 2 rings (SSSR count). The molecule has 6 heteroatoms. The lowest BCUT2D eigenvalue weighted by Gasteiger charge is -2.19. The highest BCUT2D eigenvalue weighted by atomic mass is 32.3. The van der Waals surface area contributed by atoms with Gasteiger partial charge in [0.15, 0.2) is 9.84 Å². The lowest BCUT2D eigenvalue weighted by atomic mass is 10.1. The molecule has 0 aromatic heterocycles. The van der Waals surface area contributed by atoms with Crippen molar-refractivity contribution in [2.24, 2.45) is 5.92 Å². The first-order valence-electron chi connectivity index (χ1n) is 5.94. The fourth-order valence-electron chi connectivity index (χ4n) is 2.14. The van der Waals surface area contributed by atoms with E-state index in [1.807, 2.05) is 6.92 Å². The van der Waals surface area contributed by atoms with Crippen LogP contribution in [0.5, 0.6) is 0 Å². The van der Waals surface area contributed by atoms with Gasteiger partial charge in [-0.05, 0) is 25.3 Å². The molecule has 0 aliphatic carbocycles. The summed E-state index contributed by atoms with van der Waals surface area (Å²) in [7, 11) is -3.44. The Hall–Kier alpha value is -1.01. The smallest absolute Gasteiger partial charge is 0.306 e. The molecule has 0 radical (unpaired) electrons. The van der Waals surface area contributed by atoms with Crippen molar-refractivity contribution < 1.29 is 17.9 Å². The summed E-state index contributed by atoms with van der Waals surface area (Å²) in [6, 6.07) is 6.79. The van der Waals surface area contributed by atoms with Gasteiger partial charge in [-0.15, -0.1) is 11.8 Å². The van der Waals surface area contributed by atoms with E-state index in [4.69, 9.17) is 4.74 Å². The average molecular weight is 300 g/mol. The summed E-state index contributed by atoms with van der Waals surface area (Å²) in [4.78, 5) is 11.5. The molecule has 1 aromatic rings. The predicted molar refractivity (Wildman–Crippen MR) is 74.7 cm³/mol. The molecule has 0 spiro atoms. The minimum absolute atomic E-state index is 0.177. The molecule has 104 valence electrons. The fourth-order valence-corrected chi connectivity index (χ4v) is 5.51. The van der Waals surface area contributed by atoms with Gasteiger partial charge in [0.25, 0.3) is 0 Å². The van der Waals surface area contributed by atoms with Crippen molar-refractivity contribution in [1.29, 1.82) is 0 Å². The lowest BCUT2D eigenvalue weighted by molar-refractivity contribution is -0.137. The zero-order chi connectivity index (χ0) is 14.0. The van der Waals surface area contributed by atoms with Crippen LogP contribution in [-0.4, -0.2) is 31.8 Å². The second kappa shape index (κ2) is 5.54. The van der Waals surface area contributed by atoms with Gasteiger partial charge in [-0.1, -0.05) is 17.7 Å². The van der Waals surface area contributed by atoms with Crippen molar-refractivity contribution >= 4 is 27.6 Å². The third kappa shape index (κ3) is 2.95. The molecular weight excluding hydrogens is 284 g/mol. The first-order chi connectivity index (χ1) is 8.95. The Kier molecular flexibility index (Phi) is 4.20. The molecule has 4 nitrogen and oxygen atoms in total. The number of thioether (sulfide) groups is 1. The summed E-state index contributed by atoms with van der Waals surface area (Å²) in [5, 5.41) is 0. The highest BCUT2D eigenvalue weighted by molar-refractivity contribution is 8.13. The summed E-state index contributed by atoms with van der Waals surface area (Å²) < 4.78 is 29.4. The molecule has 19 heavy (non-hydrogen) atoms. The number of cyclic esters (lactones) is 1. The Morgan fingerprint density at radius 2 is 1.95 bits per heavy atom. The molecule has 2 unspecified atom stereocenters. The topological polar surface area (TPSA) is 60.4 Å². The maximum absolute atomic E-state index is 12.6. The van der Waals surface area contributed by atoms with Crippen molar-refractivity contribution in [2.45, 2.75) is 22.8 Å². The Balaban J connectivity index is 2.30. The van der Waals surface area contributed by atoms with Crippen LogP contribution in [0.15, 0.2) is 29.2 Å². The first-order valence-corrected chi connectivity index (χ1v) is 8.77. The van der Waals surface area contributed by atoms with E-state index in [1.54, 1.807) is 30.5 Å². The van der Waals surface area contributed by atoms with E-state index >= 15 is 0 Å². The number of rotatable bonds is 4. The lowest BCUT2D eigenvalue weighted by Crippen LogP contribution is -2.27. The second-order valence-electron chi connectivity index (χ2n) is 4.61. The van der Waals surface area contributed by atoms with Gasteiger partial charge in [-0.3, -0.25) is 4.79 Å². The third-order valence-corrected chi connectivity index (χ3v) is 7.27. The SMILES string of the molecule is CSC(C1COC(=O)C1)S(=O)(=O)c1ccc(C)cc1. The van der Waals surface area contributed by atoms with Gasteiger partial charge < -0.3 is 4.74 Å². The van der Waals surface area contributed by atoms with Crippen LogP contribution < -0.4 is 0 Å².